The van der Waals surface area contributed by atoms with E-state index in [1.165, 1.54) is 37.4 Å². The molecule has 12 nitrogen and oxygen atoms in total. The minimum Gasteiger partial charge on any atom is -0.458 e. The second-order valence-electron chi connectivity index (χ2n) is 10.5. The van der Waals surface area contributed by atoms with Gasteiger partial charge in [0, 0.05) is 6.20 Å². The van der Waals surface area contributed by atoms with E-state index in [0.29, 0.717) is 11.1 Å². The van der Waals surface area contributed by atoms with Gasteiger partial charge in [0.2, 0.25) is 0 Å². The Morgan fingerprint density at radius 3 is 2.24 bits per heavy atom. The fourth-order valence-electron chi connectivity index (χ4n) is 5.39. The summed E-state index contributed by atoms with van der Waals surface area (Å²) in [5, 5.41) is -1.59. The fourth-order valence-corrected chi connectivity index (χ4v) is 7.66. The largest absolute Gasteiger partial charge is 0.458 e. The van der Waals surface area contributed by atoms with Gasteiger partial charge in [-0.3, -0.25) is 9.78 Å². The smallest absolute Gasteiger partial charge is 0.404 e. The van der Waals surface area contributed by atoms with E-state index in [9.17, 15) is 27.6 Å². The summed E-state index contributed by atoms with van der Waals surface area (Å²) in [4.78, 5) is 56.5. The van der Waals surface area contributed by atoms with Gasteiger partial charge in [-0.15, -0.1) is 0 Å². The van der Waals surface area contributed by atoms with Crippen molar-refractivity contribution in [3.63, 3.8) is 0 Å². The predicted octanol–water partition coefficient (Wildman–Crippen LogP) is 2.96. The van der Waals surface area contributed by atoms with Gasteiger partial charge in [0.05, 0.1) is 16.8 Å². The number of hydrogen-bond donors (Lipinski definition) is 1. The van der Waals surface area contributed by atoms with Crippen molar-refractivity contribution in [3.05, 3.63) is 120 Å². The van der Waals surface area contributed by atoms with Crippen LogP contribution in [0.3, 0.4) is 0 Å². The van der Waals surface area contributed by atoms with Crippen LogP contribution in [0, 0.1) is 0 Å². The Morgan fingerprint density at radius 1 is 1.04 bits per heavy atom. The van der Waals surface area contributed by atoms with Gasteiger partial charge >= 0.3 is 18.0 Å². The maximum absolute atomic E-state index is 14.1. The van der Waals surface area contributed by atoms with Gasteiger partial charge in [-0.2, -0.15) is 0 Å². The number of esters is 2. The summed E-state index contributed by atoms with van der Waals surface area (Å²) in [5.41, 5.74) is 6.42. The summed E-state index contributed by atoms with van der Waals surface area (Å²) in [7, 11) is -4.45. The van der Waals surface area contributed by atoms with Crippen molar-refractivity contribution in [2.45, 2.75) is 29.2 Å². The van der Waals surface area contributed by atoms with Gasteiger partial charge in [-0.1, -0.05) is 73.3 Å². The highest BCUT2D eigenvalue weighted by Crippen LogP contribution is 2.50. The molecule has 3 aromatic rings. The van der Waals surface area contributed by atoms with Crippen LogP contribution >= 0.6 is 0 Å². The Bertz CT molecular complexity index is 1750. The van der Waals surface area contributed by atoms with Crippen LogP contribution in [-0.2, 0) is 33.6 Å². The summed E-state index contributed by atoms with van der Waals surface area (Å²) < 4.78 is 42.0. The molecule has 3 heterocycles. The summed E-state index contributed by atoms with van der Waals surface area (Å²) in [6.07, 6.45) is 1.73. The Hall–Kier alpha value is -5.30. The lowest BCUT2D eigenvalue weighted by Gasteiger charge is -2.39. The average Bonchev–Trinajstić information content (AvgIpc) is 3.21. The first-order chi connectivity index (χ1) is 21.5. The highest BCUT2D eigenvalue weighted by molar-refractivity contribution is 7.94. The predicted molar refractivity (Wildman–Crippen MR) is 161 cm³/mol. The molecule has 2 N–H and O–H groups in total. The molecule has 0 radical (unpaired) electrons. The highest BCUT2D eigenvalue weighted by Gasteiger charge is 2.73. The number of carbonyl (C=O) groups is 4. The number of primary amides is 1. The Kier molecular flexibility index (Phi) is 8.55. The van der Waals surface area contributed by atoms with E-state index in [4.69, 9.17) is 19.9 Å². The summed E-state index contributed by atoms with van der Waals surface area (Å²) in [6, 6.07) is 18.7. The topological polar surface area (TPSA) is 172 Å². The SMILES string of the molecule is C=CCOC(=O)c1ccnc(/C=C2/C(=O)N3[C@@H](C(=O)OC(c4ccccc4)c4ccccc4)C(C)(COC(N)=O)S(=O)(=O)[C@H]23)c1. The molecule has 1 aromatic heterocycles. The second kappa shape index (κ2) is 12.4. The molecule has 2 aliphatic heterocycles. The lowest BCUT2D eigenvalue weighted by molar-refractivity contribution is -0.161. The lowest BCUT2D eigenvalue weighted by Crippen LogP contribution is -2.60. The minimum atomic E-state index is -4.45. The van der Waals surface area contributed by atoms with Crippen LogP contribution in [0.5, 0.6) is 0 Å². The number of nitrogens with zero attached hydrogens (tertiary/aromatic N) is 2. The van der Waals surface area contributed by atoms with Crippen LogP contribution in [0.2, 0.25) is 0 Å². The Balaban J connectivity index is 1.53. The number of hydrogen-bond acceptors (Lipinski definition) is 10. The first kappa shape index (κ1) is 31.1. The number of pyridine rings is 1. The first-order valence-corrected chi connectivity index (χ1v) is 15.3. The zero-order chi connectivity index (χ0) is 32.4. The maximum Gasteiger partial charge on any atom is 0.404 e. The zero-order valence-corrected chi connectivity index (χ0v) is 24.9. The standard InChI is InChI=1S/C32H29N3O9S/c1-3-16-42-29(37)22-14-15-34-23(17-22)18-24-27(36)35-26(32(2,19-43-31(33)39)45(40,41)28(24)35)30(38)44-25(20-10-6-4-7-11-20)21-12-8-5-9-13-21/h3-15,17-18,25-26,28H,1,16,19H2,2H3,(H2,33,39)/b24-18-/t26-,28+,32?/m0/s1. The third-order valence-electron chi connectivity index (χ3n) is 7.62. The van der Waals surface area contributed by atoms with Crippen LogP contribution in [0.4, 0.5) is 4.79 Å². The molecule has 2 saturated heterocycles. The molecule has 2 fully saturated rings. The van der Waals surface area contributed by atoms with Crippen molar-refractivity contribution in [2.75, 3.05) is 13.2 Å². The molecule has 0 saturated carbocycles. The average molecular weight is 632 g/mol. The number of sulfone groups is 1. The number of aromatic nitrogens is 1. The number of carbonyl (C=O) groups excluding carboxylic acids is 4. The molecule has 0 aliphatic carbocycles. The molecule has 45 heavy (non-hydrogen) atoms. The van der Waals surface area contributed by atoms with Crippen molar-refractivity contribution < 1.29 is 41.8 Å². The minimum absolute atomic E-state index is 0.0236. The monoisotopic (exact) mass is 631 g/mol. The van der Waals surface area contributed by atoms with E-state index in [-0.39, 0.29) is 23.4 Å². The molecule has 3 atom stereocenters. The second-order valence-corrected chi connectivity index (χ2v) is 13.0. The molecule has 232 valence electrons. The third kappa shape index (κ3) is 5.69. The normalized spacial score (nSPS) is 22.3. The number of rotatable bonds is 10. The van der Waals surface area contributed by atoms with Gasteiger partial charge in [0.25, 0.3) is 5.91 Å². The molecule has 2 aromatic carbocycles. The van der Waals surface area contributed by atoms with Crippen molar-refractivity contribution in [1.29, 1.82) is 0 Å². The number of ether oxygens (including phenoxy) is 3. The molecule has 13 heteroatoms. The number of fused-ring (bicyclic) bond motifs is 1. The molecule has 0 bridgehead atoms. The molecule has 2 amide bonds. The van der Waals surface area contributed by atoms with Gasteiger partial charge in [0.15, 0.2) is 27.4 Å². The third-order valence-corrected chi connectivity index (χ3v) is 10.3. The fraction of sp³-hybridized carbons (Fsp3) is 0.219. The van der Waals surface area contributed by atoms with Crippen LogP contribution in [0.1, 0.15) is 40.2 Å². The molecule has 0 spiro atoms. The van der Waals surface area contributed by atoms with Crippen LogP contribution < -0.4 is 5.73 Å². The number of benzene rings is 2. The molecule has 5 rings (SSSR count). The van der Waals surface area contributed by atoms with E-state index in [1.54, 1.807) is 60.7 Å². The van der Waals surface area contributed by atoms with E-state index < -0.39 is 62.6 Å². The van der Waals surface area contributed by atoms with Gasteiger partial charge < -0.3 is 24.8 Å². The Morgan fingerprint density at radius 2 is 1.67 bits per heavy atom. The highest BCUT2D eigenvalue weighted by atomic mass is 32.2. The van der Waals surface area contributed by atoms with Crippen LogP contribution in [0.25, 0.3) is 6.08 Å². The quantitative estimate of drug-likeness (QED) is 0.115. The van der Waals surface area contributed by atoms with E-state index in [0.717, 1.165) is 4.90 Å². The van der Waals surface area contributed by atoms with E-state index in [1.807, 2.05) is 0 Å². The van der Waals surface area contributed by atoms with Crippen molar-refractivity contribution in [1.82, 2.24) is 9.88 Å². The summed E-state index contributed by atoms with van der Waals surface area (Å²) >= 11 is 0. The van der Waals surface area contributed by atoms with Crippen LogP contribution in [-0.4, -0.2) is 71.6 Å². The zero-order valence-electron chi connectivity index (χ0n) is 24.1. The summed E-state index contributed by atoms with van der Waals surface area (Å²) in [5.74, 6) is -2.46. The summed E-state index contributed by atoms with van der Waals surface area (Å²) in [6.45, 7) is 3.85. The van der Waals surface area contributed by atoms with Crippen molar-refractivity contribution >= 4 is 39.9 Å². The molecule has 1 unspecified atom stereocenters. The van der Waals surface area contributed by atoms with Crippen molar-refractivity contribution in [2.24, 2.45) is 5.73 Å². The number of β-lactam (4-membered cyclic amide) rings is 1. The van der Waals surface area contributed by atoms with Crippen LogP contribution in [0.15, 0.2) is 97.2 Å². The molecule has 2 aliphatic rings. The lowest BCUT2D eigenvalue weighted by atomic mass is 9.93. The van der Waals surface area contributed by atoms with E-state index >= 15 is 0 Å². The Labute approximate surface area is 259 Å². The molecular weight excluding hydrogens is 602 g/mol. The van der Waals surface area contributed by atoms with Gasteiger partial charge in [-0.25, -0.2) is 22.8 Å². The van der Waals surface area contributed by atoms with Gasteiger partial charge in [-0.05, 0) is 36.3 Å². The maximum atomic E-state index is 14.1. The first-order valence-electron chi connectivity index (χ1n) is 13.7. The number of nitrogens with two attached hydrogens (primary N) is 1. The van der Waals surface area contributed by atoms with Crippen molar-refractivity contribution in [3.8, 4) is 0 Å². The van der Waals surface area contributed by atoms with E-state index in [2.05, 4.69) is 11.6 Å². The molecular formula is C32H29N3O9S. The number of amides is 2. The van der Waals surface area contributed by atoms with Gasteiger partial charge in [0.1, 0.15) is 18.0 Å².